The van der Waals surface area contributed by atoms with Crippen molar-refractivity contribution in [3.63, 3.8) is 0 Å². The second-order valence-corrected chi connectivity index (χ2v) is 7.43. The third-order valence-electron chi connectivity index (χ3n) is 5.66. The number of methoxy groups -OCH3 is 2. The van der Waals surface area contributed by atoms with E-state index < -0.39 is 0 Å². The van der Waals surface area contributed by atoms with Gasteiger partial charge in [-0.1, -0.05) is 30.3 Å². The number of fused-ring (bicyclic) bond motifs is 1. The summed E-state index contributed by atoms with van der Waals surface area (Å²) in [6, 6.07) is 21.3. The average molecular weight is 418 g/mol. The van der Waals surface area contributed by atoms with Gasteiger partial charge < -0.3 is 19.1 Å². The van der Waals surface area contributed by atoms with Crippen LogP contribution in [0.2, 0.25) is 0 Å². The zero-order chi connectivity index (χ0) is 21.8. The Kier molecular flexibility index (Phi) is 6.12. The number of benzene rings is 3. The summed E-state index contributed by atoms with van der Waals surface area (Å²) < 4.78 is 16.6. The van der Waals surface area contributed by atoms with Crippen molar-refractivity contribution in [1.29, 1.82) is 0 Å². The van der Waals surface area contributed by atoms with Gasteiger partial charge in [-0.15, -0.1) is 0 Å². The number of hydrogen-bond donors (Lipinski definition) is 0. The van der Waals surface area contributed by atoms with Gasteiger partial charge in [0, 0.05) is 12.1 Å². The molecule has 0 saturated heterocycles. The number of nitrogens with zero attached hydrogens (tertiary/aromatic N) is 1. The molecule has 0 spiro atoms. The van der Waals surface area contributed by atoms with Gasteiger partial charge in [0.25, 0.3) is 5.91 Å². The summed E-state index contributed by atoms with van der Waals surface area (Å²) in [5, 5.41) is 0. The standard InChI is InChI=1S/C26H27NO4/c1-4-31-21-12-10-19(11-13-21)26(28)27-15-14-20-16-23(29-2)24(30-3)17-22(20)25(27)18-8-6-5-7-9-18/h5-13,16-17,25H,4,14-15H2,1-3H3. The highest BCUT2D eigenvalue weighted by atomic mass is 16.5. The van der Waals surface area contributed by atoms with Crippen molar-refractivity contribution < 1.29 is 19.0 Å². The number of ether oxygens (including phenoxy) is 3. The Morgan fingerprint density at radius 3 is 2.29 bits per heavy atom. The van der Waals surface area contributed by atoms with Crippen LogP contribution in [0.5, 0.6) is 17.2 Å². The highest BCUT2D eigenvalue weighted by Crippen LogP contribution is 2.41. The fourth-order valence-electron chi connectivity index (χ4n) is 4.19. The normalized spacial score (nSPS) is 15.2. The molecule has 0 N–H and O–H groups in total. The van der Waals surface area contributed by atoms with E-state index in [1.807, 2.05) is 66.4 Å². The minimum Gasteiger partial charge on any atom is -0.494 e. The molecule has 0 fully saturated rings. The Balaban J connectivity index is 1.77. The summed E-state index contributed by atoms with van der Waals surface area (Å²) in [6.45, 7) is 3.16. The molecule has 0 aromatic heterocycles. The number of rotatable bonds is 6. The Hall–Kier alpha value is -3.47. The monoisotopic (exact) mass is 417 g/mol. The van der Waals surface area contributed by atoms with E-state index >= 15 is 0 Å². The second kappa shape index (κ2) is 9.13. The lowest BCUT2D eigenvalue weighted by atomic mass is 9.87. The van der Waals surface area contributed by atoms with E-state index in [0.29, 0.717) is 30.2 Å². The first-order valence-corrected chi connectivity index (χ1v) is 10.5. The van der Waals surface area contributed by atoms with E-state index in [4.69, 9.17) is 14.2 Å². The van der Waals surface area contributed by atoms with Gasteiger partial charge in [0.2, 0.25) is 0 Å². The molecule has 1 aliphatic rings. The third kappa shape index (κ3) is 4.08. The van der Waals surface area contributed by atoms with Crippen LogP contribution in [0.1, 0.15) is 40.0 Å². The summed E-state index contributed by atoms with van der Waals surface area (Å²) in [4.78, 5) is 15.5. The van der Waals surface area contributed by atoms with Crippen LogP contribution >= 0.6 is 0 Å². The Morgan fingerprint density at radius 1 is 0.968 bits per heavy atom. The molecular weight excluding hydrogens is 390 g/mol. The molecule has 5 nitrogen and oxygen atoms in total. The molecule has 0 radical (unpaired) electrons. The number of carbonyl (C=O) groups is 1. The van der Waals surface area contributed by atoms with Gasteiger partial charge in [-0.25, -0.2) is 0 Å². The molecule has 160 valence electrons. The molecule has 3 aromatic rings. The van der Waals surface area contributed by atoms with Gasteiger partial charge in [-0.05, 0) is 66.4 Å². The second-order valence-electron chi connectivity index (χ2n) is 7.43. The first kappa shape index (κ1) is 20.8. The fraction of sp³-hybridized carbons (Fsp3) is 0.269. The summed E-state index contributed by atoms with van der Waals surface area (Å²) >= 11 is 0. The molecule has 31 heavy (non-hydrogen) atoms. The van der Waals surface area contributed by atoms with Crippen LogP contribution in [0.15, 0.2) is 66.7 Å². The minimum absolute atomic E-state index is 0.00247. The topological polar surface area (TPSA) is 48.0 Å². The summed E-state index contributed by atoms with van der Waals surface area (Å²) in [5.74, 6) is 2.13. The van der Waals surface area contributed by atoms with E-state index in [0.717, 1.165) is 23.3 Å². The summed E-state index contributed by atoms with van der Waals surface area (Å²) in [6.07, 6.45) is 0.752. The molecule has 0 aliphatic carbocycles. The number of amides is 1. The average Bonchev–Trinajstić information content (AvgIpc) is 2.83. The Bertz CT molecular complexity index is 1050. The summed E-state index contributed by atoms with van der Waals surface area (Å²) in [7, 11) is 3.27. The minimum atomic E-state index is -0.205. The lowest BCUT2D eigenvalue weighted by molar-refractivity contribution is 0.0694. The molecule has 1 heterocycles. The highest BCUT2D eigenvalue weighted by molar-refractivity contribution is 5.95. The molecule has 0 saturated carbocycles. The molecule has 1 amide bonds. The molecular formula is C26H27NO4. The lowest BCUT2D eigenvalue weighted by Gasteiger charge is -2.38. The van der Waals surface area contributed by atoms with E-state index in [2.05, 4.69) is 12.1 Å². The lowest BCUT2D eigenvalue weighted by Crippen LogP contribution is -2.40. The SMILES string of the molecule is CCOc1ccc(C(=O)N2CCc3cc(OC)c(OC)cc3C2c2ccccc2)cc1. The van der Waals surface area contributed by atoms with Crippen molar-refractivity contribution >= 4 is 5.91 Å². The van der Waals surface area contributed by atoms with Gasteiger partial charge in [0.1, 0.15) is 5.75 Å². The molecule has 1 atom stereocenters. The van der Waals surface area contributed by atoms with Crippen LogP contribution in [-0.2, 0) is 6.42 Å². The molecule has 1 aliphatic heterocycles. The summed E-state index contributed by atoms with van der Waals surface area (Å²) in [5.41, 5.74) is 3.94. The van der Waals surface area contributed by atoms with Gasteiger partial charge in [-0.2, -0.15) is 0 Å². The van der Waals surface area contributed by atoms with Crippen LogP contribution < -0.4 is 14.2 Å². The zero-order valence-corrected chi connectivity index (χ0v) is 18.1. The Morgan fingerprint density at radius 2 is 1.65 bits per heavy atom. The van der Waals surface area contributed by atoms with E-state index in [1.54, 1.807) is 14.2 Å². The first-order chi connectivity index (χ1) is 15.2. The molecule has 1 unspecified atom stereocenters. The molecule has 0 bridgehead atoms. The fourth-order valence-corrected chi connectivity index (χ4v) is 4.19. The van der Waals surface area contributed by atoms with E-state index in [-0.39, 0.29) is 11.9 Å². The predicted octanol–water partition coefficient (Wildman–Crippen LogP) is 4.89. The predicted molar refractivity (Wildman–Crippen MR) is 120 cm³/mol. The van der Waals surface area contributed by atoms with Crippen LogP contribution in [0.3, 0.4) is 0 Å². The van der Waals surface area contributed by atoms with Gasteiger partial charge in [0.15, 0.2) is 11.5 Å². The van der Waals surface area contributed by atoms with Gasteiger partial charge in [-0.3, -0.25) is 4.79 Å². The van der Waals surface area contributed by atoms with Crippen molar-refractivity contribution in [2.24, 2.45) is 0 Å². The molecule has 4 rings (SSSR count). The van der Waals surface area contributed by atoms with Crippen LogP contribution in [0.25, 0.3) is 0 Å². The van der Waals surface area contributed by atoms with Crippen molar-refractivity contribution in [1.82, 2.24) is 4.90 Å². The maximum atomic E-state index is 13.6. The van der Waals surface area contributed by atoms with Gasteiger partial charge in [0.05, 0.1) is 26.9 Å². The third-order valence-corrected chi connectivity index (χ3v) is 5.66. The number of hydrogen-bond acceptors (Lipinski definition) is 4. The van der Waals surface area contributed by atoms with Crippen LogP contribution in [0.4, 0.5) is 0 Å². The van der Waals surface area contributed by atoms with Crippen molar-refractivity contribution in [3.05, 3.63) is 89.0 Å². The van der Waals surface area contributed by atoms with Gasteiger partial charge >= 0.3 is 0 Å². The number of carbonyl (C=O) groups excluding carboxylic acids is 1. The van der Waals surface area contributed by atoms with Crippen molar-refractivity contribution in [2.45, 2.75) is 19.4 Å². The van der Waals surface area contributed by atoms with Crippen LogP contribution in [-0.4, -0.2) is 38.2 Å². The smallest absolute Gasteiger partial charge is 0.254 e. The first-order valence-electron chi connectivity index (χ1n) is 10.5. The van der Waals surface area contributed by atoms with Crippen LogP contribution in [0, 0.1) is 0 Å². The van der Waals surface area contributed by atoms with E-state index in [9.17, 15) is 4.79 Å². The highest BCUT2D eigenvalue weighted by Gasteiger charge is 2.33. The van der Waals surface area contributed by atoms with Crippen molar-refractivity contribution in [2.75, 3.05) is 27.4 Å². The zero-order valence-electron chi connectivity index (χ0n) is 18.1. The quantitative estimate of drug-likeness (QED) is 0.573. The van der Waals surface area contributed by atoms with Crippen molar-refractivity contribution in [3.8, 4) is 17.2 Å². The molecule has 3 aromatic carbocycles. The maximum Gasteiger partial charge on any atom is 0.254 e. The maximum absolute atomic E-state index is 13.6. The molecule has 5 heteroatoms. The largest absolute Gasteiger partial charge is 0.494 e. The Labute approximate surface area is 183 Å². The van der Waals surface area contributed by atoms with E-state index in [1.165, 1.54) is 5.56 Å².